The third-order valence-electron chi connectivity index (χ3n) is 2.14. The molecular weight excluding hydrogens is 188 g/mol. The molecule has 0 saturated heterocycles. The SMILES string of the molecule is C=Cc1cc(CC(C)C)cc(C(=O)O)c1. The molecule has 1 aromatic carbocycles. The van der Waals surface area contributed by atoms with Crippen molar-refractivity contribution in [3.8, 4) is 0 Å². The third kappa shape index (κ3) is 3.24. The Morgan fingerprint density at radius 2 is 2.13 bits per heavy atom. The second-order valence-electron chi connectivity index (χ2n) is 4.07. The molecule has 0 aromatic heterocycles. The predicted octanol–water partition coefficient (Wildman–Crippen LogP) is 3.23. The maximum Gasteiger partial charge on any atom is 0.335 e. The van der Waals surface area contributed by atoms with Crippen molar-refractivity contribution in [3.05, 3.63) is 41.5 Å². The fraction of sp³-hybridized carbons (Fsp3) is 0.308. The number of hydrogen-bond acceptors (Lipinski definition) is 1. The topological polar surface area (TPSA) is 37.3 Å². The number of aromatic carboxylic acids is 1. The molecule has 0 radical (unpaired) electrons. The Morgan fingerprint density at radius 3 is 2.60 bits per heavy atom. The van der Waals surface area contributed by atoms with Crippen molar-refractivity contribution < 1.29 is 9.90 Å². The first-order valence-corrected chi connectivity index (χ1v) is 5.02. The fourth-order valence-electron chi connectivity index (χ4n) is 1.55. The lowest BCUT2D eigenvalue weighted by atomic mass is 9.98. The normalized spacial score (nSPS) is 10.3. The largest absolute Gasteiger partial charge is 0.478 e. The molecule has 1 N–H and O–H groups in total. The van der Waals surface area contributed by atoms with Gasteiger partial charge in [-0.05, 0) is 35.6 Å². The molecular formula is C13H16O2. The van der Waals surface area contributed by atoms with Crippen molar-refractivity contribution >= 4 is 12.0 Å². The highest BCUT2D eigenvalue weighted by Crippen LogP contribution is 2.15. The molecule has 0 bridgehead atoms. The van der Waals surface area contributed by atoms with Gasteiger partial charge in [0.1, 0.15) is 0 Å². The van der Waals surface area contributed by atoms with Crippen molar-refractivity contribution in [3.63, 3.8) is 0 Å². The summed E-state index contributed by atoms with van der Waals surface area (Å²) in [5.74, 6) is -0.365. The molecule has 0 atom stereocenters. The Hall–Kier alpha value is -1.57. The van der Waals surface area contributed by atoms with Gasteiger partial charge in [-0.25, -0.2) is 4.79 Å². The molecule has 0 saturated carbocycles. The lowest BCUT2D eigenvalue weighted by Crippen LogP contribution is -2.01. The van der Waals surface area contributed by atoms with E-state index in [9.17, 15) is 4.79 Å². The van der Waals surface area contributed by atoms with Crippen LogP contribution < -0.4 is 0 Å². The van der Waals surface area contributed by atoms with Crippen molar-refractivity contribution in [1.82, 2.24) is 0 Å². The van der Waals surface area contributed by atoms with E-state index < -0.39 is 5.97 Å². The molecule has 80 valence electrons. The van der Waals surface area contributed by atoms with Crippen LogP contribution in [0.3, 0.4) is 0 Å². The minimum atomic E-state index is -0.885. The highest BCUT2D eigenvalue weighted by atomic mass is 16.4. The molecule has 1 aromatic rings. The number of hydrogen-bond donors (Lipinski definition) is 1. The number of rotatable bonds is 4. The zero-order chi connectivity index (χ0) is 11.4. The standard InChI is InChI=1S/C13H16O2/c1-4-10-6-11(5-9(2)3)8-12(7-10)13(14)15/h4,6-9H,1,5H2,2-3H3,(H,14,15). The first kappa shape index (κ1) is 11.5. The van der Waals surface area contributed by atoms with Gasteiger partial charge in [-0.15, -0.1) is 0 Å². The van der Waals surface area contributed by atoms with Gasteiger partial charge in [-0.1, -0.05) is 32.6 Å². The number of carboxylic acid groups (broad SMARTS) is 1. The van der Waals surface area contributed by atoms with Crippen molar-refractivity contribution in [2.24, 2.45) is 5.92 Å². The predicted molar refractivity (Wildman–Crippen MR) is 62.0 cm³/mol. The van der Waals surface area contributed by atoms with Crippen LogP contribution in [0.15, 0.2) is 24.8 Å². The smallest absolute Gasteiger partial charge is 0.335 e. The summed E-state index contributed by atoms with van der Waals surface area (Å²) in [6.07, 6.45) is 2.57. The Kier molecular flexibility index (Phi) is 3.67. The van der Waals surface area contributed by atoms with Crippen LogP contribution in [0.2, 0.25) is 0 Å². The quantitative estimate of drug-likeness (QED) is 0.817. The van der Waals surface area contributed by atoms with E-state index >= 15 is 0 Å². The van der Waals surface area contributed by atoms with Crippen LogP contribution in [0.1, 0.15) is 35.3 Å². The van der Waals surface area contributed by atoms with Crippen LogP contribution in [0.25, 0.3) is 6.08 Å². The Morgan fingerprint density at radius 1 is 1.47 bits per heavy atom. The van der Waals surface area contributed by atoms with Gasteiger partial charge in [0.25, 0.3) is 0 Å². The summed E-state index contributed by atoms with van der Waals surface area (Å²) in [4.78, 5) is 10.9. The van der Waals surface area contributed by atoms with Gasteiger partial charge in [0.2, 0.25) is 0 Å². The highest BCUT2D eigenvalue weighted by molar-refractivity contribution is 5.88. The molecule has 15 heavy (non-hydrogen) atoms. The Labute approximate surface area is 90.3 Å². The van der Waals surface area contributed by atoms with Gasteiger partial charge in [-0.3, -0.25) is 0 Å². The first-order valence-electron chi connectivity index (χ1n) is 5.02. The Balaban J connectivity index is 3.11. The maximum absolute atomic E-state index is 10.9. The minimum Gasteiger partial charge on any atom is -0.478 e. The first-order chi connectivity index (χ1) is 7.02. The summed E-state index contributed by atoms with van der Waals surface area (Å²) in [6.45, 7) is 7.88. The molecule has 0 fully saturated rings. The van der Waals surface area contributed by atoms with Gasteiger partial charge >= 0.3 is 5.97 Å². The molecule has 0 amide bonds. The van der Waals surface area contributed by atoms with Crippen molar-refractivity contribution in [1.29, 1.82) is 0 Å². The van der Waals surface area contributed by atoms with Crippen LogP contribution in [-0.2, 0) is 6.42 Å². The lowest BCUT2D eigenvalue weighted by molar-refractivity contribution is 0.0696. The van der Waals surface area contributed by atoms with Gasteiger partial charge < -0.3 is 5.11 Å². The summed E-state index contributed by atoms with van der Waals surface area (Å²) in [7, 11) is 0. The fourth-order valence-corrected chi connectivity index (χ4v) is 1.55. The molecule has 1 rings (SSSR count). The minimum absolute atomic E-state index is 0.336. The van der Waals surface area contributed by atoms with Gasteiger partial charge in [0.05, 0.1) is 5.56 Å². The van der Waals surface area contributed by atoms with Crippen LogP contribution in [-0.4, -0.2) is 11.1 Å². The number of carboxylic acids is 1. The van der Waals surface area contributed by atoms with E-state index in [-0.39, 0.29) is 0 Å². The second kappa shape index (κ2) is 4.78. The summed E-state index contributed by atoms with van der Waals surface area (Å²) in [5, 5.41) is 8.93. The number of benzene rings is 1. The van der Waals surface area contributed by atoms with E-state index in [0.29, 0.717) is 11.5 Å². The van der Waals surface area contributed by atoms with Gasteiger partial charge in [0, 0.05) is 0 Å². The molecule has 0 aliphatic rings. The monoisotopic (exact) mass is 204 g/mol. The lowest BCUT2D eigenvalue weighted by Gasteiger charge is -2.07. The maximum atomic E-state index is 10.9. The molecule has 0 spiro atoms. The zero-order valence-electron chi connectivity index (χ0n) is 9.16. The van der Waals surface area contributed by atoms with Gasteiger partial charge in [0.15, 0.2) is 0 Å². The number of carbonyl (C=O) groups is 1. The molecule has 2 nitrogen and oxygen atoms in total. The van der Waals surface area contributed by atoms with Gasteiger partial charge in [-0.2, -0.15) is 0 Å². The molecule has 2 heteroatoms. The second-order valence-corrected chi connectivity index (χ2v) is 4.07. The average Bonchev–Trinajstić information content (AvgIpc) is 2.16. The van der Waals surface area contributed by atoms with E-state index in [1.165, 1.54) is 0 Å². The van der Waals surface area contributed by atoms with E-state index in [0.717, 1.165) is 17.5 Å². The summed E-state index contributed by atoms with van der Waals surface area (Å²) < 4.78 is 0. The highest BCUT2D eigenvalue weighted by Gasteiger charge is 2.06. The van der Waals surface area contributed by atoms with E-state index in [2.05, 4.69) is 20.4 Å². The van der Waals surface area contributed by atoms with Crippen molar-refractivity contribution in [2.45, 2.75) is 20.3 Å². The molecule has 0 aliphatic carbocycles. The van der Waals surface area contributed by atoms with Crippen molar-refractivity contribution in [2.75, 3.05) is 0 Å². The summed E-state index contributed by atoms with van der Waals surface area (Å²) in [5.41, 5.74) is 2.26. The Bertz CT molecular complexity index is 378. The molecule has 0 unspecified atom stereocenters. The molecule has 0 heterocycles. The summed E-state index contributed by atoms with van der Waals surface area (Å²) >= 11 is 0. The van der Waals surface area contributed by atoms with E-state index in [1.54, 1.807) is 18.2 Å². The van der Waals surface area contributed by atoms with Crippen LogP contribution >= 0.6 is 0 Å². The van der Waals surface area contributed by atoms with Crippen LogP contribution in [0, 0.1) is 5.92 Å². The third-order valence-corrected chi connectivity index (χ3v) is 2.14. The van der Waals surface area contributed by atoms with Crippen LogP contribution in [0.4, 0.5) is 0 Å². The molecule has 0 aliphatic heterocycles. The van der Waals surface area contributed by atoms with Crippen LogP contribution in [0.5, 0.6) is 0 Å². The zero-order valence-corrected chi connectivity index (χ0v) is 9.16. The average molecular weight is 204 g/mol. The van der Waals surface area contributed by atoms with E-state index in [4.69, 9.17) is 5.11 Å². The summed E-state index contributed by atoms with van der Waals surface area (Å²) in [6, 6.07) is 5.36. The van der Waals surface area contributed by atoms with E-state index in [1.807, 2.05) is 6.07 Å².